The SMILES string of the molecule is CSCCC(C)NCc1ccc(Br)cc1F. The van der Waals surface area contributed by atoms with E-state index in [2.05, 4.69) is 34.4 Å². The molecule has 0 fully saturated rings. The fourth-order valence-corrected chi connectivity index (χ4v) is 2.27. The van der Waals surface area contributed by atoms with Crippen LogP contribution in [0.15, 0.2) is 22.7 Å². The van der Waals surface area contributed by atoms with E-state index in [1.165, 1.54) is 6.07 Å². The minimum atomic E-state index is -0.154. The molecule has 1 nitrogen and oxygen atoms in total. The Labute approximate surface area is 109 Å². The van der Waals surface area contributed by atoms with E-state index in [9.17, 15) is 4.39 Å². The van der Waals surface area contributed by atoms with E-state index in [4.69, 9.17) is 0 Å². The molecule has 0 saturated carbocycles. The van der Waals surface area contributed by atoms with Crippen molar-refractivity contribution in [2.75, 3.05) is 12.0 Å². The fourth-order valence-electron chi connectivity index (χ4n) is 1.35. The van der Waals surface area contributed by atoms with Gasteiger partial charge in [-0.05, 0) is 37.5 Å². The highest BCUT2D eigenvalue weighted by Gasteiger charge is 2.05. The van der Waals surface area contributed by atoms with Crippen LogP contribution in [0.25, 0.3) is 0 Å². The van der Waals surface area contributed by atoms with Gasteiger partial charge in [0.1, 0.15) is 5.82 Å². The highest BCUT2D eigenvalue weighted by Crippen LogP contribution is 2.15. The van der Waals surface area contributed by atoms with Crippen molar-refractivity contribution in [1.82, 2.24) is 5.32 Å². The Morgan fingerprint density at radius 3 is 2.88 bits per heavy atom. The first-order valence-electron chi connectivity index (χ1n) is 5.29. The molecule has 0 aliphatic carbocycles. The van der Waals surface area contributed by atoms with Crippen molar-refractivity contribution >= 4 is 27.7 Å². The van der Waals surface area contributed by atoms with E-state index in [1.807, 2.05) is 23.9 Å². The minimum absolute atomic E-state index is 0.154. The van der Waals surface area contributed by atoms with Crippen LogP contribution in [0.5, 0.6) is 0 Å². The molecule has 90 valence electrons. The Balaban J connectivity index is 2.42. The summed E-state index contributed by atoms with van der Waals surface area (Å²) in [5, 5.41) is 3.33. The Bertz CT molecular complexity index is 333. The van der Waals surface area contributed by atoms with Gasteiger partial charge in [0.05, 0.1) is 0 Å². The van der Waals surface area contributed by atoms with E-state index in [1.54, 1.807) is 0 Å². The summed E-state index contributed by atoms with van der Waals surface area (Å²) in [6.07, 6.45) is 3.21. The number of thioether (sulfide) groups is 1. The average Bonchev–Trinajstić information content (AvgIpc) is 2.25. The summed E-state index contributed by atoms with van der Waals surface area (Å²) in [4.78, 5) is 0. The predicted molar refractivity (Wildman–Crippen MR) is 73.4 cm³/mol. The van der Waals surface area contributed by atoms with E-state index >= 15 is 0 Å². The maximum absolute atomic E-state index is 13.5. The van der Waals surface area contributed by atoms with Crippen molar-refractivity contribution in [3.63, 3.8) is 0 Å². The quantitative estimate of drug-likeness (QED) is 0.857. The van der Waals surface area contributed by atoms with Crippen molar-refractivity contribution in [1.29, 1.82) is 0 Å². The number of hydrogen-bond acceptors (Lipinski definition) is 2. The molecule has 0 amide bonds. The first-order chi connectivity index (χ1) is 7.63. The molecule has 0 aliphatic rings. The lowest BCUT2D eigenvalue weighted by molar-refractivity contribution is 0.519. The third-order valence-electron chi connectivity index (χ3n) is 2.41. The van der Waals surface area contributed by atoms with Gasteiger partial charge in [0.15, 0.2) is 0 Å². The second-order valence-electron chi connectivity index (χ2n) is 3.80. The van der Waals surface area contributed by atoms with Gasteiger partial charge in [-0.25, -0.2) is 4.39 Å². The van der Waals surface area contributed by atoms with Crippen molar-refractivity contribution in [3.05, 3.63) is 34.1 Å². The van der Waals surface area contributed by atoms with E-state index in [-0.39, 0.29) is 5.82 Å². The molecule has 1 N–H and O–H groups in total. The van der Waals surface area contributed by atoms with Crippen LogP contribution in [-0.4, -0.2) is 18.1 Å². The molecule has 1 atom stereocenters. The zero-order valence-electron chi connectivity index (χ0n) is 9.59. The fraction of sp³-hybridized carbons (Fsp3) is 0.500. The van der Waals surface area contributed by atoms with Gasteiger partial charge in [-0.2, -0.15) is 11.8 Å². The Hall–Kier alpha value is -0.0600. The first kappa shape index (κ1) is 14.0. The molecule has 0 saturated heterocycles. The molecular weight excluding hydrogens is 289 g/mol. The summed E-state index contributed by atoms with van der Waals surface area (Å²) >= 11 is 5.08. The van der Waals surface area contributed by atoms with Crippen LogP contribution >= 0.6 is 27.7 Å². The second kappa shape index (κ2) is 7.30. The lowest BCUT2D eigenvalue weighted by atomic mass is 10.2. The summed E-state index contributed by atoms with van der Waals surface area (Å²) in [6, 6.07) is 5.61. The van der Waals surface area contributed by atoms with Crippen LogP contribution < -0.4 is 5.32 Å². The number of nitrogens with one attached hydrogen (secondary N) is 1. The number of hydrogen-bond donors (Lipinski definition) is 1. The zero-order valence-corrected chi connectivity index (χ0v) is 12.0. The predicted octanol–water partition coefficient (Wildman–Crippen LogP) is 3.82. The molecule has 0 aliphatic heterocycles. The third-order valence-corrected chi connectivity index (χ3v) is 3.55. The molecule has 1 unspecified atom stereocenters. The Morgan fingerprint density at radius 2 is 2.25 bits per heavy atom. The molecule has 0 bridgehead atoms. The summed E-state index contributed by atoms with van der Waals surface area (Å²) < 4.78 is 14.3. The molecule has 1 aromatic rings. The molecule has 1 aromatic carbocycles. The third kappa shape index (κ3) is 4.85. The van der Waals surface area contributed by atoms with Crippen molar-refractivity contribution in [3.8, 4) is 0 Å². The van der Waals surface area contributed by atoms with Crippen molar-refractivity contribution in [2.45, 2.75) is 25.9 Å². The van der Waals surface area contributed by atoms with E-state index < -0.39 is 0 Å². The summed E-state index contributed by atoms with van der Waals surface area (Å²) in [6.45, 7) is 2.72. The van der Waals surface area contributed by atoms with Crippen LogP contribution in [-0.2, 0) is 6.54 Å². The summed E-state index contributed by atoms with van der Waals surface area (Å²) in [7, 11) is 0. The lowest BCUT2D eigenvalue weighted by Crippen LogP contribution is -2.26. The normalized spacial score (nSPS) is 12.8. The molecule has 1 rings (SSSR count). The van der Waals surface area contributed by atoms with Gasteiger partial charge in [0, 0.05) is 22.6 Å². The first-order valence-corrected chi connectivity index (χ1v) is 7.48. The summed E-state index contributed by atoms with van der Waals surface area (Å²) in [5.74, 6) is 0.982. The van der Waals surface area contributed by atoms with E-state index in [0.717, 1.165) is 22.2 Å². The van der Waals surface area contributed by atoms with E-state index in [0.29, 0.717) is 12.6 Å². The van der Waals surface area contributed by atoms with Gasteiger partial charge >= 0.3 is 0 Å². The highest BCUT2D eigenvalue weighted by molar-refractivity contribution is 9.10. The smallest absolute Gasteiger partial charge is 0.128 e. The van der Waals surface area contributed by atoms with Crippen LogP contribution in [0, 0.1) is 5.82 Å². The maximum atomic E-state index is 13.5. The second-order valence-corrected chi connectivity index (χ2v) is 5.70. The Morgan fingerprint density at radius 1 is 1.50 bits per heavy atom. The Kier molecular flexibility index (Phi) is 6.39. The van der Waals surface area contributed by atoms with Gasteiger partial charge in [-0.1, -0.05) is 22.0 Å². The van der Waals surface area contributed by atoms with Gasteiger partial charge in [0.2, 0.25) is 0 Å². The molecule has 16 heavy (non-hydrogen) atoms. The minimum Gasteiger partial charge on any atom is -0.310 e. The molecular formula is C12H17BrFNS. The largest absolute Gasteiger partial charge is 0.310 e. The van der Waals surface area contributed by atoms with Crippen molar-refractivity contribution in [2.24, 2.45) is 0 Å². The lowest BCUT2D eigenvalue weighted by Gasteiger charge is -2.13. The van der Waals surface area contributed by atoms with Crippen LogP contribution in [0.1, 0.15) is 18.9 Å². The molecule has 0 aromatic heterocycles. The topological polar surface area (TPSA) is 12.0 Å². The molecule has 0 heterocycles. The molecule has 0 spiro atoms. The summed E-state index contributed by atoms with van der Waals surface area (Å²) in [5.41, 5.74) is 0.721. The van der Waals surface area contributed by atoms with Gasteiger partial charge < -0.3 is 5.32 Å². The molecule has 4 heteroatoms. The molecule has 0 radical (unpaired) electrons. The number of rotatable bonds is 6. The van der Waals surface area contributed by atoms with Crippen LogP contribution in [0.2, 0.25) is 0 Å². The van der Waals surface area contributed by atoms with Gasteiger partial charge in [0.25, 0.3) is 0 Å². The zero-order chi connectivity index (χ0) is 12.0. The van der Waals surface area contributed by atoms with Crippen LogP contribution in [0.3, 0.4) is 0 Å². The monoisotopic (exact) mass is 305 g/mol. The van der Waals surface area contributed by atoms with Crippen molar-refractivity contribution < 1.29 is 4.39 Å². The van der Waals surface area contributed by atoms with Gasteiger partial charge in [-0.15, -0.1) is 0 Å². The standard InChI is InChI=1S/C12H17BrFNS/c1-9(5-6-16-2)15-8-10-3-4-11(13)7-12(10)14/h3-4,7,9,15H,5-6,8H2,1-2H3. The average molecular weight is 306 g/mol. The number of halogens is 2. The maximum Gasteiger partial charge on any atom is 0.128 e. The van der Waals surface area contributed by atoms with Gasteiger partial charge in [-0.3, -0.25) is 0 Å². The highest BCUT2D eigenvalue weighted by atomic mass is 79.9. The number of benzene rings is 1. The van der Waals surface area contributed by atoms with Crippen LogP contribution in [0.4, 0.5) is 4.39 Å².